The second-order valence-electron chi connectivity index (χ2n) is 6.69. The molecular formula is C21H38BrN. The monoisotopic (exact) mass is 383 g/mol. The van der Waals surface area contributed by atoms with E-state index in [1.807, 2.05) is 0 Å². The van der Waals surface area contributed by atoms with E-state index in [1.165, 1.54) is 89.2 Å². The Morgan fingerprint density at radius 1 is 0.739 bits per heavy atom. The fourth-order valence-corrected chi connectivity index (χ4v) is 3.06. The molecule has 1 rings (SSSR count). The highest BCUT2D eigenvalue weighted by Gasteiger charge is 2.01. The van der Waals surface area contributed by atoms with Crippen LogP contribution in [0.2, 0.25) is 0 Å². The summed E-state index contributed by atoms with van der Waals surface area (Å²) in [5, 5.41) is 0. The van der Waals surface area contributed by atoms with E-state index in [4.69, 9.17) is 0 Å². The standard InChI is InChI=1S/C21H38N.BrH/c1-3-5-6-7-8-9-10-11-12-13-14-15-18-22-19-16-17-21(4-2)20-22;/h16-17,19-20H,3-15,18H2,1-2H3;1H/q+1;/p-1. The first-order chi connectivity index (χ1) is 10.9. The van der Waals surface area contributed by atoms with Crippen molar-refractivity contribution < 1.29 is 21.5 Å². The van der Waals surface area contributed by atoms with Crippen LogP contribution in [-0.4, -0.2) is 0 Å². The van der Waals surface area contributed by atoms with Gasteiger partial charge in [-0.05, 0) is 18.9 Å². The van der Waals surface area contributed by atoms with Gasteiger partial charge in [-0.15, -0.1) is 0 Å². The van der Waals surface area contributed by atoms with Crippen molar-refractivity contribution in [2.24, 2.45) is 0 Å². The van der Waals surface area contributed by atoms with Crippen molar-refractivity contribution >= 4 is 0 Å². The Bertz CT molecular complexity index is 365. The van der Waals surface area contributed by atoms with Crippen LogP contribution < -0.4 is 21.5 Å². The quantitative estimate of drug-likeness (QED) is 0.343. The van der Waals surface area contributed by atoms with Crippen LogP contribution in [0.5, 0.6) is 0 Å². The molecule has 134 valence electrons. The van der Waals surface area contributed by atoms with Crippen LogP contribution in [0.25, 0.3) is 0 Å². The number of halogens is 1. The summed E-state index contributed by atoms with van der Waals surface area (Å²) in [6.07, 6.45) is 22.8. The average Bonchev–Trinajstić information content (AvgIpc) is 2.56. The van der Waals surface area contributed by atoms with E-state index in [-0.39, 0.29) is 17.0 Å². The number of rotatable bonds is 14. The molecule has 0 bridgehead atoms. The molecule has 1 aromatic rings. The van der Waals surface area contributed by atoms with Crippen molar-refractivity contribution in [2.75, 3.05) is 0 Å². The zero-order valence-electron chi connectivity index (χ0n) is 15.5. The Labute approximate surface area is 155 Å². The molecule has 1 nitrogen and oxygen atoms in total. The highest BCUT2D eigenvalue weighted by Crippen LogP contribution is 2.11. The number of hydrogen-bond acceptors (Lipinski definition) is 0. The molecule has 0 aliphatic heterocycles. The summed E-state index contributed by atoms with van der Waals surface area (Å²) in [4.78, 5) is 0. The van der Waals surface area contributed by atoms with Crippen LogP contribution in [0.3, 0.4) is 0 Å². The number of hydrogen-bond donors (Lipinski definition) is 0. The summed E-state index contributed by atoms with van der Waals surface area (Å²) in [5.41, 5.74) is 1.45. The lowest BCUT2D eigenvalue weighted by molar-refractivity contribution is -0.697. The maximum atomic E-state index is 2.36. The Balaban J connectivity index is 0.00000484. The molecule has 0 fully saturated rings. The third-order valence-electron chi connectivity index (χ3n) is 4.60. The van der Waals surface area contributed by atoms with Crippen molar-refractivity contribution in [2.45, 2.75) is 104 Å². The predicted molar refractivity (Wildman–Crippen MR) is 97.1 cm³/mol. The number of unbranched alkanes of at least 4 members (excludes halogenated alkanes) is 11. The Hall–Kier alpha value is -0.370. The van der Waals surface area contributed by atoms with E-state index in [1.54, 1.807) is 0 Å². The van der Waals surface area contributed by atoms with Crippen LogP contribution in [0.4, 0.5) is 0 Å². The smallest absolute Gasteiger partial charge is 0.171 e. The van der Waals surface area contributed by atoms with Gasteiger partial charge < -0.3 is 17.0 Å². The molecule has 0 spiro atoms. The molecule has 0 unspecified atom stereocenters. The molecule has 0 atom stereocenters. The second-order valence-corrected chi connectivity index (χ2v) is 6.69. The minimum atomic E-state index is 0. The van der Waals surface area contributed by atoms with Crippen molar-refractivity contribution in [3.8, 4) is 0 Å². The molecule has 0 aliphatic rings. The van der Waals surface area contributed by atoms with Gasteiger partial charge >= 0.3 is 0 Å². The van der Waals surface area contributed by atoms with Crippen LogP contribution in [0, 0.1) is 0 Å². The van der Waals surface area contributed by atoms with Gasteiger partial charge in [-0.3, -0.25) is 0 Å². The van der Waals surface area contributed by atoms with Gasteiger partial charge in [0.2, 0.25) is 0 Å². The van der Waals surface area contributed by atoms with Gasteiger partial charge in [-0.2, -0.15) is 0 Å². The summed E-state index contributed by atoms with van der Waals surface area (Å²) >= 11 is 0. The number of aromatic nitrogens is 1. The molecule has 1 heterocycles. The summed E-state index contributed by atoms with van der Waals surface area (Å²) in [6.45, 7) is 5.70. The predicted octanol–water partition coefficient (Wildman–Crippen LogP) is 3.24. The van der Waals surface area contributed by atoms with Crippen molar-refractivity contribution in [1.29, 1.82) is 0 Å². The first-order valence-corrected chi connectivity index (χ1v) is 9.84. The van der Waals surface area contributed by atoms with Crippen LogP contribution in [0.1, 0.15) is 96.5 Å². The zero-order valence-corrected chi connectivity index (χ0v) is 17.1. The van der Waals surface area contributed by atoms with Gasteiger partial charge in [0.15, 0.2) is 12.4 Å². The molecule has 23 heavy (non-hydrogen) atoms. The second kappa shape index (κ2) is 16.5. The number of aryl methyl sites for hydroxylation is 2. The molecular weight excluding hydrogens is 346 g/mol. The van der Waals surface area contributed by atoms with Gasteiger partial charge in [0.25, 0.3) is 0 Å². The molecule has 2 heteroatoms. The lowest BCUT2D eigenvalue weighted by Crippen LogP contribution is -3.00. The molecule has 0 saturated carbocycles. The first kappa shape index (κ1) is 22.6. The van der Waals surface area contributed by atoms with E-state index in [2.05, 4.69) is 42.9 Å². The van der Waals surface area contributed by atoms with E-state index in [0.717, 1.165) is 6.42 Å². The molecule has 0 radical (unpaired) electrons. The molecule has 0 aromatic carbocycles. The van der Waals surface area contributed by atoms with Crippen LogP contribution in [-0.2, 0) is 13.0 Å². The SMILES string of the molecule is CCCCCCCCCCCCCC[n+]1cccc(CC)c1.[Br-]. The lowest BCUT2D eigenvalue weighted by atomic mass is 10.1. The zero-order chi connectivity index (χ0) is 15.9. The molecule has 0 aliphatic carbocycles. The Morgan fingerprint density at radius 3 is 1.78 bits per heavy atom. The lowest BCUT2D eigenvalue weighted by Gasteiger charge is -2.02. The highest BCUT2D eigenvalue weighted by atomic mass is 79.9. The Morgan fingerprint density at radius 2 is 1.26 bits per heavy atom. The van der Waals surface area contributed by atoms with Gasteiger partial charge in [0, 0.05) is 18.1 Å². The van der Waals surface area contributed by atoms with Gasteiger partial charge in [0.1, 0.15) is 6.54 Å². The molecule has 0 amide bonds. The summed E-state index contributed by atoms with van der Waals surface area (Å²) < 4.78 is 2.36. The third-order valence-corrected chi connectivity index (χ3v) is 4.60. The van der Waals surface area contributed by atoms with E-state index >= 15 is 0 Å². The topological polar surface area (TPSA) is 3.88 Å². The van der Waals surface area contributed by atoms with Crippen molar-refractivity contribution in [1.82, 2.24) is 0 Å². The van der Waals surface area contributed by atoms with Gasteiger partial charge in [0.05, 0.1) is 0 Å². The van der Waals surface area contributed by atoms with E-state index < -0.39 is 0 Å². The molecule has 0 N–H and O–H groups in total. The average molecular weight is 384 g/mol. The maximum Gasteiger partial charge on any atom is 0.171 e. The van der Waals surface area contributed by atoms with Crippen LogP contribution >= 0.6 is 0 Å². The maximum absolute atomic E-state index is 2.36. The highest BCUT2D eigenvalue weighted by molar-refractivity contribution is 5.04. The normalized spacial score (nSPS) is 10.5. The summed E-state index contributed by atoms with van der Waals surface area (Å²) in [7, 11) is 0. The fourth-order valence-electron chi connectivity index (χ4n) is 3.06. The molecule has 1 aromatic heterocycles. The Kier molecular flexibility index (Phi) is 16.2. The fraction of sp³-hybridized carbons (Fsp3) is 0.762. The van der Waals surface area contributed by atoms with Crippen LogP contribution in [0.15, 0.2) is 24.5 Å². The van der Waals surface area contributed by atoms with Gasteiger partial charge in [-0.1, -0.05) is 78.1 Å². The van der Waals surface area contributed by atoms with Crippen molar-refractivity contribution in [3.05, 3.63) is 30.1 Å². The number of pyridine rings is 1. The van der Waals surface area contributed by atoms with Crippen molar-refractivity contribution in [3.63, 3.8) is 0 Å². The van der Waals surface area contributed by atoms with E-state index in [0.29, 0.717) is 0 Å². The van der Waals surface area contributed by atoms with E-state index in [9.17, 15) is 0 Å². The summed E-state index contributed by atoms with van der Waals surface area (Å²) in [6, 6.07) is 4.40. The minimum Gasteiger partial charge on any atom is -1.00 e. The first-order valence-electron chi connectivity index (χ1n) is 9.84. The summed E-state index contributed by atoms with van der Waals surface area (Å²) in [5.74, 6) is 0. The minimum absolute atomic E-state index is 0. The number of nitrogens with zero attached hydrogens (tertiary/aromatic N) is 1. The third kappa shape index (κ3) is 12.7. The molecule has 0 saturated heterocycles. The van der Waals surface area contributed by atoms with Gasteiger partial charge in [-0.25, -0.2) is 4.57 Å². The largest absolute Gasteiger partial charge is 1.00 e.